The van der Waals surface area contributed by atoms with E-state index in [9.17, 15) is 29.1 Å². The van der Waals surface area contributed by atoms with E-state index in [-0.39, 0.29) is 23.6 Å². The Bertz CT molecular complexity index is 1430. The summed E-state index contributed by atoms with van der Waals surface area (Å²) in [6.45, 7) is 7.17. The van der Waals surface area contributed by atoms with Gasteiger partial charge in [0.05, 0.1) is 10.9 Å². The van der Waals surface area contributed by atoms with Crippen LogP contribution in [0.3, 0.4) is 0 Å². The standard InChI is InChI=1S/C29H36N4O6/c1-5-17(3)23(26(35)32-24(28(37)38)18(4)6-2)31-25(34)22(16-19-12-8-7-9-13-19)33-27(36)20-14-10-11-15-21(20)30-29(33)39/h7-15,17-18,22-24H,5-6,16H2,1-4H3,(H,30,39)(H,31,34)(H,32,35)(H,37,38)/t17-,18-,22-,23-,24-/m0/s1. The molecular weight excluding hydrogens is 500 g/mol. The maximum Gasteiger partial charge on any atom is 0.329 e. The SMILES string of the molecule is CC[C@H](C)[C@H](NC(=O)[C@@H](NC(=O)[C@H](Cc1ccccc1)n1c(=O)[nH]c2ccccc2c1=O)[C@@H](C)CC)C(=O)O. The molecular formula is C29H36N4O6. The van der Waals surface area contributed by atoms with Crippen molar-refractivity contribution in [3.8, 4) is 0 Å². The summed E-state index contributed by atoms with van der Waals surface area (Å²) in [6, 6.07) is 12.0. The van der Waals surface area contributed by atoms with Crippen LogP contribution in [-0.2, 0) is 20.8 Å². The number of para-hydroxylation sites is 1. The molecule has 3 rings (SSSR count). The number of nitrogens with one attached hydrogen (secondary N) is 3. The van der Waals surface area contributed by atoms with Gasteiger partial charge in [-0.05, 0) is 29.5 Å². The number of fused-ring (bicyclic) bond motifs is 1. The number of rotatable bonds is 12. The molecule has 0 spiro atoms. The zero-order chi connectivity index (χ0) is 28.7. The molecule has 39 heavy (non-hydrogen) atoms. The molecule has 208 valence electrons. The van der Waals surface area contributed by atoms with Crippen molar-refractivity contribution < 1.29 is 19.5 Å². The highest BCUT2D eigenvalue weighted by Gasteiger charge is 2.34. The topological polar surface area (TPSA) is 150 Å². The first-order chi connectivity index (χ1) is 18.6. The Morgan fingerprint density at radius 1 is 0.846 bits per heavy atom. The molecule has 0 radical (unpaired) electrons. The largest absolute Gasteiger partial charge is 0.480 e. The van der Waals surface area contributed by atoms with Crippen molar-refractivity contribution >= 4 is 28.7 Å². The van der Waals surface area contributed by atoms with E-state index in [1.807, 2.05) is 19.9 Å². The minimum Gasteiger partial charge on any atom is -0.480 e. The minimum absolute atomic E-state index is 0.0213. The lowest BCUT2D eigenvalue weighted by molar-refractivity contribution is -0.144. The number of carboxylic acids is 1. The van der Waals surface area contributed by atoms with Gasteiger partial charge in [-0.1, -0.05) is 83.0 Å². The average Bonchev–Trinajstić information content (AvgIpc) is 2.93. The molecule has 0 unspecified atom stereocenters. The summed E-state index contributed by atoms with van der Waals surface area (Å²) in [5.41, 5.74) is -0.312. The summed E-state index contributed by atoms with van der Waals surface area (Å²) in [7, 11) is 0. The van der Waals surface area contributed by atoms with Gasteiger partial charge in [-0.15, -0.1) is 0 Å². The first kappa shape index (κ1) is 29.3. The number of carboxylic acid groups (broad SMARTS) is 1. The summed E-state index contributed by atoms with van der Waals surface area (Å²) < 4.78 is 0.884. The van der Waals surface area contributed by atoms with E-state index in [2.05, 4.69) is 15.6 Å². The highest BCUT2D eigenvalue weighted by Crippen LogP contribution is 2.17. The van der Waals surface area contributed by atoms with Crippen molar-refractivity contribution in [2.45, 2.75) is 65.1 Å². The molecule has 10 heteroatoms. The van der Waals surface area contributed by atoms with Crippen LogP contribution in [0.15, 0.2) is 64.2 Å². The number of nitrogens with zero attached hydrogens (tertiary/aromatic N) is 1. The van der Waals surface area contributed by atoms with Crippen LogP contribution in [-0.4, -0.2) is 44.5 Å². The number of carbonyl (C=O) groups excluding carboxylic acids is 2. The normalized spacial score (nSPS) is 15.1. The number of H-pyrrole nitrogens is 1. The fraction of sp³-hybridized carbons (Fsp3) is 0.414. The number of aliphatic carboxylic acids is 1. The molecule has 5 atom stereocenters. The molecule has 1 heterocycles. The Labute approximate surface area is 226 Å². The molecule has 0 bridgehead atoms. The molecule has 10 nitrogen and oxygen atoms in total. The summed E-state index contributed by atoms with van der Waals surface area (Å²) in [5, 5.41) is 15.2. The summed E-state index contributed by atoms with van der Waals surface area (Å²) >= 11 is 0. The number of hydrogen-bond acceptors (Lipinski definition) is 5. The number of amides is 2. The van der Waals surface area contributed by atoms with Crippen molar-refractivity contribution in [3.05, 3.63) is 81.0 Å². The zero-order valence-corrected chi connectivity index (χ0v) is 22.6. The number of carbonyl (C=O) groups is 3. The Kier molecular flexibility index (Phi) is 9.81. The molecule has 2 amide bonds. The molecule has 0 saturated carbocycles. The number of hydrogen-bond donors (Lipinski definition) is 4. The summed E-state index contributed by atoms with van der Waals surface area (Å²) in [6.07, 6.45) is 1.07. The van der Waals surface area contributed by atoms with Gasteiger partial charge in [0.2, 0.25) is 11.8 Å². The van der Waals surface area contributed by atoms with Crippen LogP contribution in [0.1, 0.15) is 52.1 Å². The Balaban J connectivity index is 2.03. The van der Waals surface area contributed by atoms with Crippen LogP contribution >= 0.6 is 0 Å². The van der Waals surface area contributed by atoms with Gasteiger partial charge >= 0.3 is 11.7 Å². The lowest BCUT2D eigenvalue weighted by Crippen LogP contribution is -2.57. The lowest BCUT2D eigenvalue weighted by atomic mass is 9.95. The van der Waals surface area contributed by atoms with Gasteiger partial charge in [0.1, 0.15) is 18.1 Å². The molecule has 0 fully saturated rings. The lowest BCUT2D eigenvalue weighted by Gasteiger charge is -2.29. The fourth-order valence-corrected chi connectivity index (χ4v) is 4.48. The van der Waals surface area contributed by atoms with Gasteiger partial charge in [0, 0.05) is 6.42 Å². The third kappa shape index (κ3) is 6.81. The molecule has 3 aromatic rings. The third-order valence-corrected chi connectivity index (χ3v) is 7.29. The van der Waals surface area contributed by atoms with Gasteiger partial charge in [-0.2, -0.15) is 0 Å². The quantitative estimate of drug-likeness (QED) is 0.279. The predicted octanol–water partition coefficient (Wildman–Crippen LogP) is 2.62. The highest BCUT2D eigenvalue weighted by molar-refractivity contribution is 5.92. The monoisotopic (exact) mass is 536 g/mol. The van der Waals surface area contributed by atoms with E-state index in [4.69, 9.17) is 0 Å². The molecule has 2 aromatic carbocycles. The van der Waals surface area contributed by atoms with Crippen LogP contribution in [0, 0.1) is 11.8 Å². The van der Waals surface area contributed by atoms with Gasteiger partial charge < -0.3 is 20.7 Å². The third-order valence-electron chi connectivity index (χ3n) is 7.29. The second kappa shape index (κ2) is 13.0. The number of benzene rings is 2. The number of aromatic amines is 1. The Morgan fingerprint density at radius 3 is 2.03 bits per heavy atom. The zero-order valence-electron chi connectivity index (χ0n) is 22.6. The van der Waals surface area contributed by atoms with Crippen molar-refractivity contribution in [3.63, 3.8) is 0 Å². The maximum absolute atomic E-state index is 13.8. The second-order valence-electron chi connectivity index (χ2n) is 9.94. The van der Waals surface area contributed by atoms with Crippen molar-refractivity contribution in [2.75, 3.05) is 0 Å². The van der Waals surface area contributed by atoms with Gasteiger partial charge in [0.25, 0.3) is 5.56 Å². The van der Waals surface area contributed by atoms with Crippen molar-refractivity contribution in [1.82, 2.24) is 20.2 Å². The molecule has 0 saturated heterocycles. The molecule has 1 aromatic heterocycles. The van der Waals surface area contributed by atoms with E-state index in [0.29, 0.717) is 23.9 Å². The van der Waals surface area contributed by atoms with E-state index in [1.165, 1.54) is 0 Å². The van der Waals surface area contributed by atoms with Crippen LogP contribution in [0.2, 0.25) is 0 Å². The Hall–Kier alpha value is -4.21. The first-order valence-corrected chi connectivity index (χ1v) is 13.2. The summed E-state index contributed by atoms with van der Waals surface area (Å²) in [4.78, 5) is 68.2. The van der Waals surface area contributed by atoms with Crippen LogP contribution in [0.5, 0.6) is 0 Å². The van der Waals surface area contributed by atoms with E-state index >= 15 is 0 Å². The smallest absolute Gasteiger partial charge is 0.329 e. The number of aromatic nitrogens is 2. The van der Waals surface area contributed by atoms with Gasteiger partial charge in [-0.3, -0.25) is 14.4 Å². The molecule has 0 aliphatic carbocycles. The van der Waals surface area contributed by atoms with Gasteiger partial charge in [-0.25, -0.2) is 14.2 Å². The summed E-state index contributed by atoms with van der Waals surface area (Å²) in [5.74, 6) is -3.19. The van der Waals surface area contributed by atoms with E-state index in [0.717, 1.165) is 4.57 Å². The van der Waals surface area contributed by atoms with Crippen LogP contribution in [0.25, 0.3) is 10.9 Å². The predicted molar refractivity (Wildman–Crippen MR) is 148 cm³/mol. The van der Waals surface area contributed by atoms with Gasteiger partial charge in [0.15, 0.2) is 0 Å². The maximum atomic E-state index is 13.8. The average molecular weight is 537 g/mol. The van der Waals surface area contributed by atoms with Crippen molar-refractivity contribution in [1.29, 1.82) is 0 Å². The van der Waals surface area contributed by atoms with E-state index in [1.54, 1.807) is 62.4 Å². The van der Waals surface area contributed by atoms with Crippen molar-refractivity contribution in [2.24, 2.45) is 11.8 Å². The van der Waals surface area contributed by atoms with Crippen LogP contribution < -0.4 is 21.9 Å². The minimum atomic E-state index is -1.27. The Morgan fingerprint density at radius 2 is 1.41 bits per heavy atom. The van der Waals surface area contributed by atoms with Crippen LogP contribution in [0.4, 0.5) is 0 Å². The first-order valence-electron chi connectivity index (χ1n) is 13.2. The fourth-order valence-electron chi connectivity index (χ4n) is 4.48. The van der Waals surface area contributed by atoms with E-state index < -0.39 is 47.2 Å². The molecule has 0 aliphatic heterocycles. The second-order valence-corrected chi connectivity index (χ2v) is 9.94. The molecule has 4 N–H and O–H groups in total. The molecule has 0 aliphatic rings. The highest BCUT2D eigenvalue weighted by atomic mass is 16.4.